The Bertz CT molecular complexity index is 892. The quantitative estimate of drug-likeness (QED) is 0.458. The summed E-state index contributed by atoms with van der Waals surface area (Å²) in [6.45, 7) is 2.70. The normalized spacial score (nSPS) is 20.6. The maximum Gasteiger partial charge on any atom is 0.269 e. The smallest absolute Gasteiger partial charge is 0.269 e. The molecule has 0 aromatic heterocycles. The Labute approximate surface area is 162 Å². The van der Waals surface area contributed by atoms with Gasteiger partial charge in [0.2, 0.25) is 5.91 Å². The largest absolute Gasteiger partial charge is 0.369 e. The lowest BCUT2D eigenvalue weighted by Gasteiger charge is -2.38. The van der Waals surface area contributed by atoms with E-state index < -0.39 is 11.0 Å². The first-order valence-electron chi connectivity index (χ1n) is 9.20. The van der Waals surface area contributed by atoms with Crippen LogP contribution in [0.25, 0.3) is 0 Å². The molecule has 2 aliphatic rings. The number of nitrogens with zero attached hydrogens (tertiary/aromatic N) is 4. The number of nitro groups is 1. The fourth-order valence-electron chi connectivity index (χ4n) is 3.83. The number of anilines is 2. The van der Waals surface area contributed by atoms with Crippen LogP contribution < -0.4 is 9.80 Å². The molecule has 1 unspecified atom stereocenters. The van der Waals surface area contributed by atoms with Crippen LogP contribution in [0.3, 0.4) is 0 Å². The van der Waals surface area contributed by atoms with E-state index in [1.807, 2.05) is 18.2 Å². The molecule has 0 radical (unpaired) electrons. The van der Waals surface area contributed by atoms with Crippen LogP contribution in [0.1, 0.15) is 6.42 Å². The van der Waals surface area contributed by atoms with Gasteiger partial charge in [0, 0.05) is 44.0 Å². The lowest BCUT2D eigenvalue weighted by atomic mass is 10.1. The van der Waals surface area contributed by atoms with Gasteiger partial charge in [-0.15, -0.1) is 0 Å². The molecule has 144 valence electrons. The highest BCUT2D eigenvalue weighted by Crippen LogP contribution is 2.27. The molecule has 0 spiro atoms. The first kappa shape index (κ1) is 18.1. The molecule has 1 atom stereocenters. The van der Waals surface area contributed by atoms with E-state index in [-0.39, 0.29) is 23.9 Å². The fraction of sp³-hybridized carbons (Fsp3) is 0.300. The summed E-state index contributed by atoms with van der Waals surface area (Å²) < 4.78 is 0. The first-order valence-corrected chi connectivity index (χ1v) is 9.20. The van der Waals surface area contributed by atoms with Crippen molar-refractivity contribution in [2.45, 2.75) is 12.5 Å². The molecule has 2 aliphatic heterocycles. The van der Waals surface area contributed by atoms with Gasteiger partial charge in [0.05, 0.1) is 23.1 Å². The second kappa shape index (κ2) is 7.40. The molecule has 0 N–H and O–H groups in total. The lowest BCUT2D eigenvalue weighted by Crippen LogP contribution is -2.52. The monoisotopic (exact) mass is 380 g/mol. The zero-order valence-corrected chi connectivity index (χ0v) is 15.2. The van der Waals surface area contributed by atoms with Gasteiger partial charge in [0.1, 0.15) is 0 Å². The lowest BCUT2D eigenvalue weighted by molar-refractivity contribution is -0.384. The van der Waals surface area contributed by atoms with Crippen molar-refractivity contribution in [2.75, 3.05) is 36.0 Å². The van der Waals surface area contributed by atoms with Crippen molar-refractivity contribution < 1.29 is 14.5 Å². The van der Waals surface area contributed by atoms with Crippen LogP contribution in [0.15, 0.2) is 54.6 Å². The molecule has 28 heavy (non-hydrogen) atoms. The number of imide groups is 1. The van der Waals surface area contributed by atoms with E-state index in [2.05, 4.69) is 9.80 Å². The van der Waals surface area contributed by atoms with E-state index in [9.17, 15) is 19.7 Å². The molecule has 2 amide bonds. The predicted octanol–water partition coefficient (Wildman–Crippen LogP) is 2.05. The van der Waals surface area contributed by atoms with Crippen molar-refractivity contribution in [2.24, 2.45) is 0 Å². The van der Waals surface area contributed by atoms with Crippen LogP contribution >= 0.6 is 0 Å². The average Bonchev–Trinajstić information content (AvgIpc) is 3.03. The minimum absolute atomic E-state index is 0.0680. The molecule has 4 rings (SSSR count). The van der Waals surface area contributed by atoms with Crippen LogP contribution in [0.2, 0.25) is 0 Å². The van der Waals surface area contributed by atoms with Crippen molar-refractivity contribution in [1.29, 1.82) is 0 Å². The summed E-state index contributed by atoms with van der Waals surface area (Å²) in [4.78, 5) is 41.1. The summed E-state index contributed by atoms with van der Waals surface area (Å²) in [6.07, 6.45) is 0.200. The van der Waals surface area contributed by atoms with Crippen LogP contribution in [-0.4, -0.2) is 53.9 Å². The number of benzene rings is 2. The van der Waals surface area contributed by atoms with Crippen LogP contribution in [0.4, 0.5) is 17.1 Å². The molecule has 2 heterocycles. The van der Waals surface area contributed by atoms with Gasteiger partial charge in [-0.25, -0.2) is 4.90 Å². The van der Waals surface area contributed by atoms with Crippen molar-refractivity contribution >= 4 is 28.9 Å². The SMILES string of the molecule is O=C1CC(N2CCN(c3ccc([N+](=O)[O-])cc3)CC2)C(=O)N1c1ccccc1. The number of rotatable bonds is 4. The molecular formula is C20H20N4O4. The second-order valence-corrected chi connectivity index (χ2v) is 6.92. The summed E-state index contributed by atoms with van der Waals surface area (Å²) in [5.41, 5.74) is 1.60. The van der Waals surface area contributed by atoms with Gasteiger partial charge in [0.15, 0.2) is 0 Å². The zero-order valence-electron chi connectivity index (χ0n) is 15.2. The third kappa shape index (κ3) is 3.34. The van der Waals surface area contributed by atoms with Gasteiger partial charge >= 0.3 is 0 Å². The molecule has 2 aromatic carbocycles. The maximum atomic E-state index is 12.9. The van der Waals surface area contributed by atoms with Crippen LogP contribution in [-0.2, 0) is 9.59 Å². The molecule has 2 aromatic rings. The predicted molar refractivity (Wildman–Crippen MR) is 104 cm³/mol. The van der Waals surface area contributed by atoms with Crippen molar-refractivity contribution in [3.63, 3.8) is 0 Å². The Morgan fingerprint density at radius 2 is 1.50 bits per heavy atom. The van der Waals surface area contributed by atoms with E-state index in [0.717, 1.165) is 5.69 Å². The summed E-state index contributed by atoms with van der Waals surface area (Å²) in [6, 6.07) is 15.1. The number of para-hydroxylation sites is 1. The van der Waals surface area contributed by atoms with Gasteiger partial charge in [-0.1, -0.05) is 18.2 Å². The summed E-state index contributed by atoms with van der Waals surface area (Å²) >= 11 is 0. The number of nitro benzene ring substituents is 1. The van der Waals surface area contributed by atoms with E-state index >= 15 is 0 Å². The first-order chi connectivity index (χ1) is 13.5. The van der Waals surface area contributed by atoms with Crippen molar-refractivity contribution in [3.05, 3.63) is 64.7 Å². The highest BCUT2D eigenvalue weighted by Gasteiger charge is 2.43. The molecule has 0 bridgehead atoms. The molecule has 0 aliphatic carbocycles. The molecule has 8 nitrogen and oxygen atoms in total. The molecule has 2 saturated heterocycles. The topological polar surface area (TPSA) is 87.0 Å². The zero-order chi connectivity index (χ0) is 19.7. The highest BCUT2D eigenvalue weighted by molar-refractivity contribution is 6.22. The van der Waals surface area contributed by atoms with E-state index in [0.29, 0.717) is 31.9 Å². The number of hydrogen-bond donors (Lipinski definition) is 0. The molecule has 2 fully saturated rings. The number of amides is 2. The Hall–Kier alpha value is -3.26. The molecule has 0 saturated carbocycles. The van der Waals surface area contributed by atoms with E-state index in [1.54, 1.807) is 24.3 Å². The number of carbonyl (C=O) groups excluding carboxylic acids is 2. The van der Waals surface area contributed by atoms with Gasteiger partial charge < -0.3 is 4.90 Å². The number of non-ortho nitro benzene ring substituents is 1. The Morgan fingerprint density at radius 3 is 2.11 bits per heavy atom. The highest BCUT2D eigenvalue weighted by atomic mass is 16.6. The Morgan fingerprint density at radius 1 is 0.857 bits per heavy atom. The number of hydrogen-bond acceptors (Lipinski definition) is 6. The van der Waals surface area contributed by atoms with Gasteiger partial charge in [-0.3, -0.25) is 24.6 Å². The standard InChI is InChI=1S/C20H20N4O4/c25-19-14-18(20(26)23(19)16-4-2-1-3-5-16)22-12-10-21(11-13-22)15-6-8-17(9-7-15)24(27)28/h1-9,18H,10-14H2. The maximum absolute atomic E-state index is 12.9. The van der Waals surface area contributed by atoms with Gasteiger partial charge in [-0.2, -0.15) is 0 Å². The van der Waals surface area contributed by atoms with Gasteiger partial charge in [-0.05, 0) is 24.3 Å². The molecular weight excluding hydrogens is 360 g/mol. The second-order valence-electron chi connectivity index (χ2n) is 6.92. The summed E-state index contributed by atoms with van der Waals surface area (Å²) in [7, 11) is 0. The van der Waals surface area contributed by atoms with Gasteiger partial charge in [0.25, 0.3) is 11.6 Å². The minimum Gasteiger partial charge on any atom is -0.369 e. The van der Waals surface area contributed by atoms with Crippen LogP contribution in [0, 0.1) is 10.1 Å². The third-order valence-electron chi connectivity index (χ3n) is 5.32. The van der Waals surface area contributed by atoms with E-state index in [1.165, 1.54) is 17.0 Å². The number of piperazine rings is 1. The molecule has 8 heteroatoms. The summed E-state index contributed by atoms with van der Waals surface area (Å²) in [5.74, 6) is -0.334. The van der Waals surface area contributed by atoms with Crippen LogP contribution in [0.5, 0.6) is 0 Å². The van der Waals surface area contributed by atoms with Crippen molar-refractivity contribution in [1.82, 2.24) is 4.90 Å². The minimum atomic E-state index is -0.424. The third-order valence-corrected chi connectivity index (χ3v) is 5.32. The van der Waals surface area contributed by atoms with Crippen molar-refractivity contribution in [3.8, 4) is 0 Å². The Kier molecular flexibility index (Phi) is 4.79. The summed E-state index contributed by atoms with van der Waals surface area (Å²) in [5, 5.41) is 10.8. The average molecular weight is 380 g/mol. The number of carbonyl (C=O) groups is 2. The fourth-order valence-corrected chi connectivity index (χ4v) is 3.83. The Balaban J connectivity index is 1.40. The van der Waals surface area contributed by atoms with E-state index in [4.69, 9.17) is 0 Å².